The highest BCUT2D eigenvalue weighted by Crippen LogP contribution is 2.48. The topological polar surface area (TPSA) is 129 Å². The van der Waals surface area contributed by atoms with Crippen LogP contribution >= 0.6 is 11.8 Å². The van der Waals surface area contributed by atoms with Gasteiger partial charge in [0.15, 0.2) is 0 Å². The van der Waals surface area contributed by atoms with Crippen LogP contribution in [-0.2, 0) is 25.5 Å². The number of carbonyl (C=O) groups is 3. The largest absolute Gasteiger partial charge is 0.507 e. The van der Waals surface area contributed by atoms with Crippen molar-refractivity contribution in [1.82, 2.24) is 5.01 Å². The molecular weight excluding hydrogens is 594 g/mol. The molecule has 1 unspecified atom stereocenters. The van der Waals surface area contributed by atoms with Crippen molar-refractivity contribution in [3.05, 3.63) is 80.1 Å². The second kappa shape index (κ2) is 11.1. The Balaban J connectivity index is 1.15. The molecule has 234 valence electrons. The fourth-order valence-corrected chi connectivity index (χ4v) is 7.29. The lowest BCUT2D eigenvalue weighted by molar-refractivity contribution is -0.162. The first-order valence-corrected chi connectivity index (χ1v) is 15.7. The Morgan fingerprint density at radius 3 is 2.53 bits per heavy atom. The Morgan fingerprint density at radius 2 is 1.84 bits per heavy atom. The van der Waals surface area contributed by atoms with Crippen LogP contribution in [0, 0.1) is 20.8 Å². The third kappa shape index (κ3) is 4.89. The highest BCUT2D eigenvalue weighted by molar-refractivity contribution is 8.03. The van der Waals surface area contributed by atoms with Gasteiger partial charge in [-0.2, -0.15) is 5.10 Å². The lowest BCUT2D eigenvalue weighted by Crippen LogP contribution is -2.46. The molecule has 2 N–H and O–H groups in total. The molecule has 2 aromatic carbocycles. The Bertz CT molecular complexity index is 1820. The van der Waals surface area contributed by atoms with Gasteiger partial charge in [0, 0.05) is 30.5 Å². The second-order valence-electron chi connectivity index (χ2n) is 11.9. The van der Waals surface area contributed by atoms with Crippen molar-refractivity contribution < 1.29 is 34.1 Å². The fraction of sp³-hybridized carbons (Fsp3) is 0.353. The highest BCUT2D eigenvalue weighted by atomic mass is 32.2. The first-order valence-electron chi connectivity index (χ1n) is 14.8. The van der Waals surface area contributed by atoms with Crippen LogP contribution in [0.1, 0.15) is 48.9 Å². The van der Waals surface area contributed by atoms with E-state index < -0.39 is 23.3 Å². The molecule has 4 aliphatic rings. The van der Waals surface area contributed by atoms with Crippen LogP contribution in [0.2, 0.25) is 0 Å². The number of nitrogens with zero attached hydrogens (tertiary/aromatic N) is 3. The summed E-state index contributed by atoms with van der Waals surface area (Å²) >= 11 is 1.47. The first kappa shape index (κ1) is 30.5. The molecule has 0 radical (unpaired) electrons. The molecule has 11 heteroatoms. The van der Waals surface area contributed by atoms with Gasteiger partial charge in [0.25, 0.3) is 5.91 Å². The molecule has 1 aliphatic carbocycles. The number of hydrogen-bond donors (Lipinski definition) is 2. The van der Waals surface area contributed by atoms with Crippen LogP contribution in [0.5, 0.6) is 11.5 Å². The number of aliphatic hydroxyl groups is 1. The Hall–Kier alpha value is -4.51. The predicted octanol–water partition coefficient (Wildman–Crippen LogP) is 5.33. The van der Waals surface area contributed by atoms with Crippen molar-refractivity contribution >= 4 is 40.8 Å². The van der Waals surface area contributed by atoms with Gasteiger partial charge < -0.3 is 24.6 Å². The molecule has 0 saturated carbocycles. The van der Waals surface area contributed by atoms with E-state index >= 15 is 0 Å². The number of Topliss-reactive ketones (excluding diaryl/α,β-unsaturated/α-hetero) is 1. The molecule has 1 amide bonds. The number of benzene rings is 2. The summed E-state index contributed by atoms with van der Waals surface area (Å²) in [4.78, 5) is 41.9. The molecule has 0 bridgehead atoms. The number of amides is 1. The van der Waals surface area contributed by atoms with Crippen molar-refractivity contribution in [3.8, 4) is 11.5 Å². The number of aliphatic hydroxyl groups excluding tert-OH is 1. The molecule has 45 heavy (non-hydrogen) atoms. The highest BCUT2D eigenvalue weighted by Gasteiger charge is 2.43. The first-order chi connectivity index (χ1) is 21.3. The molecule has 10 nitrogen and oxygen atoms in total. The van der Waals surface area contributed by atoms with Crippen molar-refractivity contribution in [2.75, 3.05) is 25.1 Å². The number of fused-ring (bicyclic) bond motifs is 2. The average Bonchev–Trinajstić information content (AvgIpc) is 3.50. The molecule has 6 rings (SSSR count). The molecule has 3 aliphatic heterocycles. The summed E-state index contributed by atoms with van der Waals surface area (Å²) in [5.41, 5.74) is 3.70. The van der Waals surface area contributed by atoms with Gasteiger partial charge in [-0.25, -0.2) is 9.80 Å². The summed E-state index contributed by atoms with van der Waals surface area (Å²) in [5.74, 6) is -0.583. The van der Waals surface area contributed by atoms with Gasteiger partial charge in [0.05, 0.1) is 39.8 Å². The number of hydrazone groups is 1. The molecule has 0 fully saturated rings. The Morgan fingerprint density at radius 1 is 1.11 bits per heavy atom. The molecule has 0 saturated heterocycles. The Labute approximate surface area is 265 Å². The number of phenolic OH excluding ortho intramolecular Hbond substituents is 1. The normalized spacial score (nSPS) is 23.2. The minimum absolute atomic E-state index is 0.00482. The van der Waals surface area contributed by atoms with Crippen LogP contribution in [0.15, 0.2) is 67.8 Å². The van der Waals surface area contributed by atoms with Gasteiger partial charge in [-0.05, 0) is 82.4 Å². The quantitative estimate of drug-likeness (QED) is 0.248. The number of phenols is 1. The van der Waals surface area contributed by atoms with Gasteiger partial charge in [-0.1, -0.05) is 23.9 Å². The second-order valence-corrected chi connectivity index (χ2v) is 13.0. The molecule has 2 aromatic rings. The number of rotatable bonds is 6. The lowest BCUT2D eigenvalue weighted by Gasteiger charge is -2.36. The van der Waals surface area contributed by atoms with Crippen molar-refractivity contribution in [2.24, 2.45) is 5.10 Å². The summed E-state index contributed by atoms with van der Waals surface area (Å²) in [7, 11) is 1.50. The van der Waals surface area contributed by atoms with E-state index in [2.05, 4.69) is 5.10 Å². The molecule has 0 spiro atoms. The van der Waals surface area contributed by atoms with Gasteiger partial charge in [0.1, 0.15) is 17.3 Å². The number of esters is 1. The number of carbonyl (C=O) groups excluding carboxylic acids is 3. The molecule has 1 atom stereocenters. The van der Waals surface area contributed by atoms with Gasteiger partial charge in [-0.3, -0.25) is 9.59 Å². The van der Waals surface area contributed by atoms with Gasteiger partial charge in [-0.15, -0.1) is 0 Å². The minimum atomic E-state index is -1.14. The maximum Gasteiger partial charge on any atom is 0.350 e. The van der Waals surface area contributed by atoms with Gasteiger partial charge >= 0.3 is 5.97 Å². The molecule has 0 aromatic heterocycles. The SMILES string of the molecule is CC1=NN(C)C(=O)C1=C1C(=O)C(C=C2Sc3ccccc3N2CCCOC(=O)C2(C)CCc3c(C)c(O)c(C)c(C)c3O2)=C1O. The number of para-hydroxylation sites is 1. The van der Waals surface area contributed by atoms with Crippen molar-refractivity contribution in [1.29, 1.82) is 0 Å². The number of anilines is 1. The van der Waals surface area contributed by atoms with Crippen LogP contribution < -0.4 is 9.64 Å². The number of thioether (sulfide) groups is 1. The van der Waals surface area contributed by atoms with E-state index in [0.29, 0.717) is 37.3 Å². The summed E-state index contributed by atoms with van der Waals surface area (Å²) in [6, 6.07) is 7.82. The van der Waals surface area contributed by atoms with Crippen molar-refractivity contribution in [2.45, 2.75) is 64.4 Å². The third-order valence-electron chi connectivity index (χ3n) is 9.00. The number of hydrogen-bond acceptors (Lipinski definition) is 10. The third-order valence-corrected chi connectivity index (χ3v) is 10.1. The van der Waals surface area contributed by atoms with E-state index in [1.54, 1.807) is 19.9 Å². The maximum atomic E-state index is 13.3. The van der Waals surface area contributed by atoms with Crippen LogP contribution in [0.4, 0.5) is 5.69 Å². The lowest BCUT2D eigenvalue weighted by atomic mass is 9.83. The van der Waals surface area contributed by atoms with Crippen molar-refractivity contribution in [3.63, 3.8) is 0 Å². The van der Waals surface area contributed by atoms with E-state index in [9.17, 15) is 24.6 Å². The number of likely N-dealkylation sites (N-methyl/N-ethyl adjacent to an activating group) is 1. The smallest absolute Gasteiger partial charge is 0.350 e. The van der Waals surface area contributed by atoms with Crippen LogP contribution in [-0.4, -0.2) is 64.4 Å². The summed E-state index contributed by atoms with van der Waals surface area (Å²) in [6.45, 7) is 9.61. The van der Waals surface area contributed by atoms with Gasteiger partial charge in [0.2, 0.25) is 11.4 Å². The van der Waals surface area contributed by atoms with Crippen LogP contribution in [0.25, 0.3) is 0 Å². The summed E-state index contributed by atoms with van der Waals surface area (Å²) in [6.07, 6.45) is 3.17. The summed E-state index contributed by atoms with van der Waals surface area (Å²) < 4.78 is 12.0. The molecular formula is C34H35N3O7S. The zero-order valence-corrected chi connectivity index (χ0v) is 26.9. The number of allylic oxidation sites excluding steroid dienone is 3. The standard InChI is InChI=1S/C34H35N3O7S/c1-17-18(2)31-21(19(3)28(17)38)12-13-34(5,44-31)33(42)43-15-9-14-37-23-10-7-8-11-24(23)45-25(37)16-22-29(39)27(30(22)40)26-20(4)35-36(6)32(26)41/h7-8,10-11,16,38-39H,9,12-15H2,1-6H3. The Kier molecular flexibility index (Phi) is 7.55. The van der Waals surface area contributed by atoms with E-state index in [0.717, 1.165) is 42.9 Å². The monoisotopic (exact) mass is 629 g/mol. The fourth-order valence-electron chi connectivity index (χ4n) is 6.16. The number of ether oxygens (including phenoxy) is 2. The van der Waals surface area contributed by atoms with E-state index in [-0.39, 0.29) is 34.8 Å². The van der Waals surface area contributed by atoms with E-state index in [1.165, 1.54) is 18.8 Å². The minimum Gasteiger partial charge on any atom is -0.507 e. The predicted molar refractivity (Wildman–Crippen MR) is 171 cm³/mol. The summed E-state index contributed by atoms with van der Waals surface area (Å²) in [5, 5.41) is 27.3. The molecule has 3 heterocycles. The van der Waals surface area contributed by atoms with E-state index in [1.807, 2.05) is 49.9 Å². The van der Waals surface area contributed by atoms with E-state index in [4.69, 9.17) is 9.47 Å². The average molecular weight is 630 g/mol. The zero-order valence-electron chi connectivity index (χ0n) is 26.1. The number of aromatic hydroxyl groups is 1. The number of ketones is 1. The van der Waals surface area contributed by atoms with Crippen LogP contribution in [0.3, 0.4) is 0 Å². The maximum absolute atomic E-state index is 13.3. The zero-order chi connectivity index (χ0) is 32.4.